The number of rotatable bonds is 9. The van der Waals surface area contributed by atoms with Crippen LogP contribution in [0.5, 0.6) is 0 Å². The lowest BCUT2D eigenvalue weighted by molar-refractivity contribution is -0.121. The number of carbonyl (C=O) groups excluding carboxylic acids is 1. The van der Waals surface area contributed by atoms with E-state index in [1.807, 2.05) is 24.7 Å². The number of hydrogen-bond acceptors (Lipinski definition) is 6. The first kappa shape index (κ1) is 19.9. The molecular formula is C19H30N6OS. The average Bonchev–Trinajstić information content (AvgIpc) is 3.29. The molecule has 0 atom stereocenters. The molecule has 2 aromatic rings. The number of anilines is 1. The standard InChI is InChI=1S/C19H30N6OS/c1-4-11-27-19-22-17(24-8-5-6-9-24)15-13-21-25(18(15)23-19)10-7-20-16(26)12-14(2)3/h13-14H,4-12H2,1-3H3,(H,20,26). The van der Waals surface area contributed by atoms with Crippen LogP contribution in [0, 0.1) is 5.92 Å². The van der Waals surface area contributed by atoms with Crippen molar-refractivity contribution in [1.29, 1.82) is 0 Å². The summed E-state index contributed by atoms with van der Waals surface area (Å²) in [5.41, 5.74) is 0.864. The largest absolute Gasteiger partial charge is 0.356 e. The van der Waals surface area contributed by atoms with Gasteiger partial charge < -0.3 is 10.2 Å². The summed E-state index contributed by atoms with van der Waals surface area (Å²) >= 11 is 1.70. The van der Waals surface area contributed by atoms with Gasteiger partial charge >= 0.3 is 0 Å². The molecule has 1 amide bonds. The van der Waals surface area contributed by atoms with Crippen LogP contribution in [-0.4, -0.2) is 51.0 Å². The molecule has 8 heteroatoms. The van der Waals surface area contributed by atoms with Crippen molar-refractivity contribution >= 4 is 34.5 Å². The highest BCUT2D eigenvalue weighted by Crippen LogP contribution is 2.29. The predicted molar refractivity (Wildman–Crippen MR) is 110 cm³/mol. The summed E-state index contributed by atoms with van der Waals surface area (Å²) in [6.45, 7) is 9.52. The topological polar surface area (TPSA) is 75.9 Å². The summed E-state index contributed by atoms with van der Waals surface area (Å²) in [7, 11) is 0. The van der Waals surface area contributed by atoms with Crippen molar-refractivity contribution in [3.8, 4) is 0 Å². The lowest BCUT2D eigenvalue weighted by Gasteiger charge is -2.18. The quantitative estimate of drug-likeness (QED) is 0.524. The number of fused-ring (bicyclic) bond motifs is 1. The molecule has 3 heterocycles. The second-order valence-electron chi connectivity index (χ2n) is 7.43. The second-order valence-corrected chi connectivity index (χ2v) is 8.49. The van der Waals surface area contributed by atoms with Gasteiger partial charge in [-0.05, 0) is 25.2 Å². The molecule has 3 rings (SSSR count). The molecule has 0 radical (unpaired) electrons. The maximum absolute atomic E-state index is 11.9. The molecule has 2 aromatic heterocycles. The van der Waals surface area contributed by atoms with Crippen molar-refractivity contribution in [2.45, 2.75) is 58.2 Å². The molecule has 1 aliphatic rings. The van der Waals surface area contributed by atoms with Crippen LogP contribution < -0.4 is 10.2 Å². The van der Waals surface area contributed by atoms with Gasteiger partial charge in [0.05, 0.1) is 18.1 Å². The average molecular weight is 391 g/mol. The van der Waals surface area contributed by atoms with Crippen molar-refractivity contribution in [2.24, 2.45) is 5.92 Å². The van der Waals surface area contributed by atoms with Crippen LogP contribution in [-0.2, 0) is 11.3 Å². The summed E-state index contributed by atoms with van der Waals surface area (Å²) in [5.74, 6) is 2.47. The van der Waals surface area contributed by atoms with Crippen molar-refractivity contribution in [2.75, 3.05) is 30.3 Å². The molecule has 0 spiro atoms. The van der Waals surface area contributed by atoms with E-state index in [1.54, 1.807) is 11.8 Å². The summed E-state index contributed by atoms with van der Waals surface area (Å²) in [5, 5.41) is 9.33. The number of amides is 1. The Balaban J connectivity index is 1.79. The maximum Gasteiger partial charge on any atom is 0.220 e. The highest BCUT2D eigenvalue weighted by molar-refractivity contribution is 7.99. The van der Waals surface area contributed by atoms with E-state index in [1.165, 1.54) is 12.8 Å². The SMILES string of the molecule is CCCSc1nc(N2CCCC2)c2cnn(CCNC(=O)CC(C)C)c2n1. The number of nitrogens with one attached hydrogen (secondary N) is 1. The van der Waals surface area contributed by atoms with Crippen molar-refractivity contribution in [1.82, 2.24) is 25.1 Å². The lowest BCUT2D eigenvalue weighted by atomic mass is 10.1. The zero-order valence-corrected chi connectivity index (χ0v) is 17.4. The van der Waals surface area contributed by atoms with Gasteiger partial charge in [-0.3, -0.25) is 4.79 Å². The van der Waals surface area contributed by atoms with Gasteiger partial charge in [-0.1, -0.05) is 32.5 Å². The third-order valence-corrected chi connectivity index (χ3v) is 5.59. The molecule has 148 valence electrons. The summed E-state index contributed by atoms with van der Waals surface area (Å²) in [6, 6.07) is 0. The van der Waals surface area contributed by atoms with Gasteiger partial charge in [0.2, 0.25) is 5.91 Å². The Bertz CT molecular complexity index is 769. The number of nitrogens with zero attached hydrogens (tertiary/aromatic N) is 5. The maximum atomic E-state index is 11.9. The molecule has 0 unspecified atom stereocenters. The number of hydrogen-bond donors (Lipinski definition) is 1. The minimum Gasteiger partial charge on any atom is -0.356 e. The highest BCUT2D eigenvalue weighted by atomic mass is 32.2. The van der Waals surface area contributed by atoms with E-state index in [4.69, 9.17) is 9.97 Å². The first-order valence-corrected chi connectivity index (χ1v) is 10.9. The van der Waals surface area contributed by atoms with Crippen LogP contribution in [0.1, 0.15) is 46.5 Å². The molecule has 0 aromatic carbocycles. The monoisotopic (exact) mass is 390 g/mol. The Kier molecular flexibility index (Phi) is 6.93. The molecular weight excluding hydrogens is 360 g/mol. The number of carbonyl (C=O) groups is 1. The molecule has 0 aliphatic carbocycles. The van der Waals surface area contributed by atoms with E-state index >= 15 is 0 Å². The van der Waals surface area contributed by atoms with E-state index in [2.05, 4.69) is 22.2 Å². The molecule has 27 heavy (non-hydrogen) atoms. The fourth-order valence-electron chi connectivity index (χ4n) is 3.26. The van der Waals surface area contributed by atoms with Crippen LogP contribution in [0.3, 0.4) is 0 Å². The first-order chi connectivity index (χ1) is 13.1. The van der Waals surface area contributed by atoms with Crippen LogP contribution in [0.4, 0.5) is 5.82 Å². The Morgan fingerprint density at radius 1 is 1.30 bits per heavy atom. The number of thioether (sulfide) groups is 1. The molecule has 0 bridgehead atoms. The summed E-state index contributed by atoms with van der Waals surface area (Å²) in [6.07, 6.45) is 5.93. The fraction of sp³-hybridized carbons (Fsp3) is 0.684. The van der Waals surface area contributed by atoms with Gasteiger partial charge in [-0.15, -0.1) is 0 Å². The highest BCUT2D eigenvalue weighted by Gasteiger charge is 2.20. The second kappa shape index (κ2) is 9.39. The zero-order valence-electron chi connectivity index (χ0n) is 16.6. The van der Waals surface area contributed by atoms with Crippen molar-refractivity contribution in [3.05, 3.63) is 6.20 Å². The molecule has 7 nitrogen and oxygen atoms in total. The summed E-state index contributed by atoms with van der Waals surface area (Å²) < 4.78 is 1.89. The zero-order chi connectivity index (χ0) is 19.2. The molecule has 1 saturated heterocycles. The Labute approximate surface area is 165 Å². The van der Waals surface area contributed by atoms with E-state index in [0.29, 0.717) is 25.4 Å². The van der Waals surface area contributed by atoms with Crippen molar-refractivity contribution < 1.29 is 4.79 Å². The van der Waals surface area contributed by atoms with E-state index in [0.717, 1.165) is 47.3 Å². The smallest absolute Gasteiger partial charge is 0.220 e. The Morgan fingerprint density at radius 3 is 2.78 bits per heavy atom. The lowest BCUT2D eigenvalue weighted by Crippen LogP contribution is -2.28. The molecule has 1 aliphatic heterocycles. The Morgan fingerprint density at radius 2 is 2.07 bits per heavy atom. The third kappa shape index (κ3) is 5.12. The predicted octanol–water partition coefficient (Wildman–Crippen LogP) is 3.09. The van der Waals surface area contributed by atoms with E-state index in [9.17, 15) is 4.79 Å². The Hall–Kier alpha value is -1.83. The molecule has 1 N–H and O–H groups in total. The van der Waals surface area contributed by atoms with E-state index < -0.39 is 0 Å². The van der Waals surface area contributed by atoms with Gasteiger partial charge in [-0.2, -0.15) is 5.10 Å². The van der Waals surface area contributed by atoms with Crippen LogP contribution >= 0.6 is 11.8 Å². The third-order valence-electron chi connectivity index (χ3n) is 4.54. The molecule has 1 fully saturated rings. The van der Waals surface area contributed by atoms with Gasteiger partial charge in [0.25, 0.3) is 0 Å². The van der Waals surface area contributed by atoms with Crippen LogP contribution in [0.25, 0.3) is 11.0 Å². The number of aromatic nitrogens is 4. The normalized spacial score (nSPS) is 14.4. The van der Waals surface area contributed by atoms with Gasteiger partial charge in [-0.25, -0.2) is 14.6 Å². The van der Waals surface area contributed by atoms with Crippen LogP contribution in [0.15, 0.2) is 11.4 Å². The van der Waals surface area contributed by atoms with Crippen LogP contribution in [0.2, 0.25) is 0 Å². The van der Waals surface area contributed by atoms with Gasteiger partial charge in [0, 0.05) is 31.8 Å². The fourth-order valence-corrected chi connectivity index (χ4v) is 3.95. The minimum absolute atomic E-state index is 0.0908. The minimum atomic E-state index is 0.0908. The van der Waals surface area contributed by atoms with E-state index in [-0.39, 0.29) is 5.91 Å². The van der Waals surface area contributed by atoms with Gasteiger partial charge in [0.15, 0.2) is 10.8 Å². The molecule has 0 saturated carbocycles. The van der Waals surface area contributed by atoms with Gasteiger partial charge in [0.1, 0.15) is 5.82 Å². The van der Waals surface area contributed by atoms with Crippen molar-refractivity contribution in [3.63, 3.8) is 0 Å². The summed E-state index contributed by atoms with van der Waals surface area (Å²) in [4.78, 5) is 23.8. The first-order valence-electron chi connectivity index (χ1n) is 9.96.